The average molecular weight is 429 g/mol. The van der Waals surface area contributed by atoms with Crippen molar-refractivity contribution in [3.63, 3.8) is 0 Å². The Bertz CT molecular complexity index is 1710. The molecular formula is C34H20. The molecule has 6 aromatic carbocycles. The monoisotopic (exact) mass is 428 g/mol. The van der Waals surface area contributed by atoms with Gasteiger partial charge in [-0.3, -0.25) is 0 Å². The van der Waals surface area contributed by atoms with Gasteiger partial charge in [-0.2, -0.15) is 0 Å². The van der Waals surface area contributed by atoms with Gasteiger partial charge in [0.15, 0.2) is 0 Å². The van der Waals surface area contributed by atoms with Gasteiger partial charge in [0.2, 0.25) is 0 Å². The lowest BCUT2D eigenvalue weighted by molar-refractivity contribution is 1.63. The van der Waals surface area contributed by atoms with Crippen LogP contribution in [0.2, 0.25) is 0 Å². The molecule has 0 N–H and O–H groups in total. The zero-order valence-corrected chi connectivity index (χ0v) is 18.5. The van der Waals surface area contributed by atoms with Gasteiger partial charge in [0.05, 0.1) is 0 Å². The van der Waals surface area contributed by atoms with E-state index in [0.717, 1.165) is 0 Å². The van der Waals surface area contributed by atoms with E-state index in [1.807, 2.05) is 0 Å². The molecule has 0 saturated carbocycles. The largest absolute Gasteiger partial charge is 0.0616 e. The Balaban J connectivity index is 1.56. The van der Waals surface area contributed by atoms with Gasteiger partial charge in [-0.25, -0.2) is 0 Å². The van der Waals surface area contributed by atoms with Crippen LogP contribution in [0.5, 0.6) is 0 Å². The van der Waals surface area contributed by atoms with Crippen molar-refractivity contribution in [2.75, 3.05) is 0 Å². The molecule has 0 unspecified atom stereocenters. The number of benzene rings is 6. The molecule has 156 valence electrons. The summed E-state index contributed by atoms with van der Waals surface area (Å²) in [5.74, 6) is 0. The fourth-order valence-corrected chi connectivity index (χ4v) is 6.04. The number of hydrogen-bond donors (Lipinski definition) is 0. The Morgan fingerprint density at radius 3 is 0.912 bits per heavy atom. The van der Waals surface area contributed by atoms with E-state index in [-0.39, 0.29) is 0 Å². The molecule has 2 aliphatic rings. The predicted octanol–water partition coefficient (Wildman–Crippen LogP) is 8.96. The van der Waals surface area contributed by atoms with Gasteiger partial charge >= 0.3 is 0 Å². The molecule has 0 amide bonds. The van der Waals surface area contributed by atoms with E-state index in [2.05, 4.69) is 121 Å². The van der Waals surface area contributed by atoms with E-state index < -0.39 is 0 Å². The van der Waals surface area contributed by atoms with Crippen molar-refractivity contribution >= 4 is 32.7 Å². The van der Waals surface area contributed by atoms with E-state index >= 15 is 0 Å². The van der Waals surface area contributed by atoms with Gasteiger partial charge in [-0.05, 0) is 101 Å². The van der Waals surface area contributed by atoms with Crippen molar-refractivity contribution < 1.29 is 0 Å². The molecule has 0 spiro atoms. The third kappa shape index (κ3) is 2.32. The number of fused-ring (bicyclic) bond motifs is 8. The molecule has 0 radical (unpaired) electrons. The van der Waals surface area contributed by atoms with Crippen LogP contribution in [0.1, 0.15) is 22.3 Å². The van der Waals surface area contributed by atoms with Crippen molar-refractivity contribution in [2.45, 2.75) is 0 Å². The second-order valence-electron chi connectivity index (χ2n) is 9.33. The van der Waals surface area contributed by atoms with Crippen LogP contribution in [0.4, 0.5) is 0 Å². The first kappa shape index (κ1) is 18.1. The molecule has 0 bridgehead atoms. The van der Waals surface area contributed by atoms with Crippen molar-refractivity contribution in [2.24, 2.45) is 0 Å². The van der Waals surface area contributed by atoms with Gasteiger partial charge in [0, 0.05) is 0 Å². The van der Waals surface area contributed by atoms with Crippen LogP contribution < -0.4 is 0 Å². The highest BCUT2D eigenvalue weighted by molar-refractivity contribution is 6.20. The minimum Gasteiger partial charge on any atom is -0.0616 e. The van der Waals surface area contributed by atoms with Crippen LogP contribution >= 0.6 is 0 Å². The van der Waals surface area contributed by atoms with E-state index in [4.69, 9.17) is 0 Å². The van der Waals surface area contributed by atoms with Crippen molar-refractivity contribution in [3.8, 4) is 22.3 Å². The van der Waals surface area contributed by atoms with Gasteiger partial charge in [-0.1, -0.05) is 97.1 Å². The van der Waals surface area contributed by atoms with E-state index in [1.165, 1.54) is 77.2 Å². The fourth-order valence-electron chi connectivity index (χ4n) is 6.04. The summed E-state index contributed by atoms with van der Waals surface area (Å²) in [6.07, 6.45) is 0. The SMILES string of the molecule is c1ccc2c(c1)C(=C1c3ccccc3-c3cc4ccccc4cc31)c1cc3ccccc3cc1-2. The van der Waals surface area contributed by atoms with Gasteiger partial charge in [0.25, 0.3) is 0 Å². The summed E-state index contributed by atoms with van der Waals surface area (Å²) >= 11 is 0. The molecule has 0 heteroatoms. The highest BCUT2D eigenvalue weighted by atomic mass is 14.3. The molecule has 0 nitrogen and oxygen atoms in total. The van der Waals surface area contributed by atoms with Crippen LogP contribution in [0.25, 0.3) is 54.9 Å². The topological polar surface area (TPSA) is 0 Å². The Hall–Kier alpha value is -4.42. The molecule has 34 heavy (non-hydrogen) atoms. The summed E-state index contributed by atoms with van der Waals surface area (Å²) in [5, 5.41) is 5.16. The Kier molecular flexibility index (Phi) is 3.48. The highest BCUT2D eigenvalue weighted by Crippen LogP contribution is 2.55. The molecule has 0 aliphatic heterocycles. The fraction of sp³-hybridized carbons (Fsp3) is 0. The maximum Gasteiger partial charge on any atom is -0.00137 e. The van der Waals surface area contributed by atoms with E-state index in [1.54, 1.807) is 0 Å². The second kappa shape index (κ2) is 6.56. The molecule has 0 fully saturated rings. The van der Waals surface area contributed by atoms with Crippen LogP contribution in [0.15, 0.2) is 121 Å². The minimum absolute atomic E-state index is 1.29. The van der Waals surface area contributed by atoms with Crippen LogP contribution in [0.3, 0.4) is 0 Å². The molecule has 2 aliphatic carbocycles. The first-order valence-electron chi connectivity index (χ1n) is 11.9. The predicted molar refractivity (Wildman–Crippen MR) is 144 cm³/mol. The molecule has 6 aromatic rings. The second-order valence-corrected chi connectivity index (χ2v) is 9.33. The van der Waals surface area contributed by atoms with Crippen LogP contribution in [-0.4, -0.2) is 0 Å². The first-order valence-corrected chi connectivity index (χ1v) is 11.9. The summed E-state index contributed by atoms with van der Waals surface area (Å²) in [6.45, 7) is 0. The van der Waals surface area contributed by atoms with Gasteiger partial charge in [-0.15, -0.1) is 0 Å². The van der Waals surface area contributed by atoms with Crippen molar-refractivity contribution in [1.29, 1.82) is 0 Å². The average Bonchev–Trinajstić information content (AvgIpc) is 3.37. The van der Waals surface area contributed by atoms with Gasteiger partial charge in [0.1, 0.15) is 0 Å². The van der Waals surface area contributed by atoms with Crippen LogP contribution in [-0.2, 0) is 0 Å². The standard InChI is InChI=1S/C34H20/c1-3-11-23-19-31-29(17-21(23)9-1)25-13-5-7-15-27(25)33(31)34-28-16-8-6-14-26(28)30-18-22-10-2-4-12-24(22)20-32(30)34/h1-20H. The Morgan fingerprint density at radius 2 is 0.529 bits per heavy atom. The third-order valence-electron chi connectivity index (χ3n) is 7.53. The summed E-state index contributed by atoms with van der Waals surface area (Å²) in [5.41, 5.74) is 13.4. The summed E-state index contributed by atoms with van der Waals surface area (Å²) < 4.78 is 0. The molecular weight excluding hydrogens is 408 g/mol. The first-order chi connectivity index (χ1) is 16.9. The molecule has 0 saturated heterocycles. The highest BCUT2D eigenvalue weighted by Gasteiger charge is 2.32. The zero-order valence-electron chi connectivity index (χ0n) is 18.5. The minimum atomic E-state index is 1.29. The molecule has 8 rings (SSSR count). The molecule has 0 heterocycles. The lowest BCUT2D eigenvalue weighted by Crippen LogP contribution is -1.91. The summed E-state index contributed by atoms with van der Waals surface area (Å²) in [4.78, 5) is 0. The molecule has 0 atom stereocenters. The number of rotatable bonds is 0. The number of hydrogen-bond acceptors (Lipinski definition) is 0. The lowest BCUT2D eigenvalue weighted by atomic mass is 9.90. The quantitative estimate of drug-likeness (QED) is 0.226. The normalized spacial score (nSPS) is 15.3. The third-order valence-corrected chi connectivity index (χ3v) is 7.53. The maximum atomic E-state index is 2.40. The van der Waals surface area contributed by atoms with Crippen molar-refractivity contribution in [1.82, 2.24) is 0 Å². The maximum absolute atomic E-state index is 2.40. The molecule has 0 aromatic heterocycles. The lowest BCUT2D eigenvalue weighted by Gasteiger charge is -2.12. The Morgan fingerprint density at radius 1 is 0.235 bits per heavy atom. The smallest absolute Gasteiger partial charge is 0.00137 e. The Labute approximate surface area is 198 Å². The summed E-state index contributed by atoms with van der Waals surface area (Å²) in [6, 6.07) is 44.8. The van der Waals surface area contributed by atoms with E-state index in [9.17, 15) is 0 Å². The van der Waals surface area contributed by atoms with Crippen molar-refractivity contribution in [3.05, 3.63) is 144 Å². The van der Waals surface area contributed by atoms with Gasteiger partial charge < -0.3 is 0 Å². The zero-order chi connectivity index (χ0) is 22.2. The summed E-state index contributed by atoms with van der Waals surface area (Å²) in [7, 11) is 0. The van der Waals surface area contributed by atoms with Crippen LogP contribution in [0, 0.1) is 0 Å². The van der Waals surface area contributed by atoms with E-state index in [0.29, 0.717) is 0 Å².